The second-order valence-electron chi connectivity index (χ2n) is 3.13. The highest BCUT2D eigenvalue weighted by molar-refractivity contribution is 5.87. The predicted molar refractivity (Wildman–Crippen MR) is 52.8 cm³/mol. The third-order valence-corrected chi connectivity index (χ3v) is 2.32. The van der Waals surface area contributed by atoms with Gasteiger partial charge in [0.1, 0.15) is 0 Å². The Kier molecular flexibility index (Phi) is 3.13. The molecule has 0 aliphatic carbocycles. The molecule has 78 valence electrons. The summed E-state index contributed by atoms with van der Waals surface area (Å²) in [6.07, 6.45) is 0.853. The number of fused-ring (bicyclic) bond motifs is 1. The van der Waals surface area contributed by atoms with Crippen molar-refractivity contribution in [3.05, 3.63) is 17.0 Å². The van der Waals surface area contributed by atoms with E-state index in [0.29, 0.717) is 6.54 Å². The Balaban J connectivity index is 0.000000980. The van der Waals surface area contributed by atoms with Crippen molar-refractivity contribution in [2.45, 2.75) is 13.0 Å². The quantitative estimate of drug-likeness (QED) is 0.705. The Hall–Kier alpha value is -1.07. The number of aryl methyl sites for hydroxylation is 1. The minimum absolute atomic E-state index is 0. The summed E-state index contributed by atoms with van der Waals surface area (Å²) < 4.78 is 1.67. The van der Waals surface area contributed by atoms with Crippen LogP contribution in [0.15, 0.2) is 0 Å². The van der Waals surface area contributed by atoms with Gasteiger partial charge in [-0.05, 0) is 0 Å². The first kappa shape index (κ1) is 11.0. The number of halogens is 1. The van der Waals surface area contributed by atoms with Crippen LogP contribution in [0.5, 0.6) is 0 Å². The van der Waals surface area contributed by atoms with Gasteiger partial charge in [-0.1, -0.05) is 0 Å². The SMILES string of the molecule is Cl.Cn1nc(C(=O)O)c2c1CCNC2. The topological polar surface area (TPSA) is 67.2 Å². The molecule has 0 aromatic carbocycles. The zero-order valence-electron chi connectivity index (χ0n) is 7.78. The van der Waals surface area contributed by atoms with Crippen molar-refractivity contribution in [1.82, 2.24) is 15.1 Å². The van der Waals surface area contributed by atoms with Crippen LogP contribution < -0.4 is 5.32 Å². The third kappa shape index (κ3) is 1.60. The van der Waals surface area contributed by atoms with Crippen LogP contribution in [0.3, 0.4) is 0 Å². The molecule has 0 saturated carbocycles. The van der Waals surface area contributed by atoms with Gasteiger partial charge in [0.15, 0.2) is 5.69 Å². The maximum absolute atomic E-state index is 10.8. The molecule has 1 aromatic heterocycles. The minimum Gasteiger partial charge on any atom is -0.476 e. The van der Waals surface area contributed by atoms with E-state index >= 15 is 0 Å². The zero-order chi connectivity index (χ0) is 9.42. The second kappa shape index (κ2) is 3.98. The number of hydrogen-bond acceptors (Lipinski definition) is 3. The van der Waals surface area contributed by atoms with Gasteiger partial charge >= 0.3 is 5.97 Å². The molecule has 0 bridgehead atoms. The summed E-state index contributed by atoms with van der Waals surface area (Å²) in [7, 11) is 1.79. The molecule has 1 aromatic rings. The molecule has 6 heteroatoms. The summed E-state index contributed by atoms with van der Waals surface area (Å²) in [6, 6.07) is 0. The number of nitrogens with one attached hydrogen (secondary N) is 1. The second-order valence-corrected chi connectivity index (χ2v) is 3.13. The number of rotatable bonds is 1. The van der Waals surface area contributed by atoms with E-state index in [-0.39, 0.29) is 18.1 Å². The van der Waals surface area contributed by atoms with Gasteiger partial charge in [-0.25, -0.2) is 4.79 Å². The first-order valence-corrected chi connectivity index (χ1v) is 4.19. The van der Waals surface area contributed by atoms with Crippen molar-refractivity contribution in [1.29, 1.82) is 0 Å². The summed E-state index contributed by atoms with van der Waals surface area (Å²) in [5, 5.41) is 16.0. The van der Waals surface area contributed by atoms with E-state index in [1.807, 2.05) is 0 Å². The molecule has 14 heavy (non-hydrogen) atoms. The summed E-state index contributed by atoms with van der Waals surface area (Å²) >= 11 is 0. The van der Waals surface area contributed by atoms with Crippen LogP contribution in [-0.4, -0.2) is 27.4 Å². The minimum atomic E-state index is -0.944. The lowest BCUT2D eigenvalue weighted by Crippen LogP contribution is -2.25. The average Bonchev–Trinajstić information content (AvgIpc) is 2.45. The van der Waals surface area contributed by atoms with Crippen LogP contribution in [0.25, 0.3) is 0 Å². The molecule has 0 spiro atoms. The highest BCUT2D eigenvalue weighted by atomic mass is 35.5. The third-order valence-electron chi connectivity index (χ3n) is 2.32. The number of hydrogen-bond donors (Lipinski definition) is 2. The molecule has 0 unspecified atom stereocenters. The number of aromatic nitrogens is 2. The zero-order valence-corrected chi connectivity index (χ0v) is 8.60. The lowest BCUT2D eigenvalue weighted by Gasteiger charge is -2.13. The molecule has 0 saturated heterocycles. The van der Waals surface area contributed by atoms with Crippen LogP contribution in [0.4, 0.5) is 0 Å². The predicted octanol–water partition coefficient (Wildman–Crippen LogP) is 0.186. The summed E-state index contributed by atoms with van der Waals surface area (Å²) in [5.41, 5.74) is 2.06. The van der Waals surface area contributed by atoms with E-state index in [2.05, 4.69) is 10.4 Å². The molecule has 0 fully saturated rings. The molecule has 0 amide bonds. The summed E-state index contributed by atoms with van der Waals surface area (Å²) in [6.45, 7) is 1.51. The maximum Gasteiger partial charge on any atom is 0.356 e. The lowest BCUT2D eigenvalue weighted by atomic mass is 10.1. The largest absolute Gasteiger partial charge is 0.476 e. The van der Waals surface area contributed by atoms with Crippen LogP contribution in [0.1, 0.15) is 21.7 Å². The highest BCUT2D eigenvalue weighted by Gasteiger charge is 2.22. The van der Waals surface area contributed by atoms with E-state index in [0.717, 1.165) is 24.2 Å². The number of carbonyl (C=O) groups is 1. The molecule has 0 radical (unpaired) electrons. The van der Waals surface area contributed by atoms with E-state index in [4.69, 9.17) is 5.11 Å². The van der Waals surface area contributed by atoms with Gasteiger partial charge in [0.05, 0.1) is 0 Å². The van der Waals surface area contributed by atoms with E-state index in [1.54, 1.807) is 11.7 Å². The van der Waals surface area contributed by atoms with Crippen molar-refractivity contribution in [3.63, 3.8) is 0 Å². The Morgan fingerprint density at radius 2 is 2.36 bits per heavy atom. The van der Waals surface area contributed by atoms with E-state index < -0.39 is 5.97 Å². The fraction of sp³-hybridized carbons (Fsp3) is 0.500. The van der Waals surface area contributed by atoms with E-state index in [9.17, 15) is 4.79 Å². The fourth-order valence-electron chi connectivity index (χ4n) is 1.69. The van der Waals surface area contributed by atoms with Gasteiger partial charge in [0.2, 0.25) is 0 Å². The monoisotopic (exact) mass is 217 g/mol. The van der Waals surface area contributed by atoms with Crippen molar-refractivity contribution < 1.29 is 9.90 Å². The van der Waals surface area contributed by atoms with Crippen LogP contribution in [0.2, 0.25) is 0 Å². The smallest absolute Gasteiger partial charge is 0.356 e. The Morgan fingerprint density at radius 1 is 1.64 bits per heavy atom. The first-order chi connectivity index (χ1) is 6.20. The molecule has 1 aliphatic rings. The molecule has 2 N–H and O–H groups in total. The lowest BCUT2D eigenvalue weighted by molar-refractivity contribution is 0.0688. The Morgan fingerprint density at radius 3 is 3.00 bits per heavy atom. The van der Waals surface area contributed by atoms with Crippen molar-refractivity contribution in [3.8, 4) is 0 Å². The van der Waals surface area contributed by atoms with Crippen molar-refractivity contribution >= 4 is 18.4 Å². The number of aromatic carboxylic acids is 1. The molecule has 2 heterocycles. The van der Waals surface area contributed by atoms with Gasteiger partial charge in [0.25, 0.3) is 0 Å². The number of carboxylic acids is 1. The van der Waals surface area contributed by atoms with Gasteiger partial charge in [-0.2, -0.15) is 5.10 Å². The van der Waals surface area contributed by atoms with Gasteiger partial charge in [-0.15, -0.1) is 12.4 Å². The molecule has 0 atom stereocenters. The van der Waals surface area contributed by atoms with Gasteiger partial charge in [0, 0.05) is 37.8 Å². The number of carboxylic acid groups (broad SMARTS) is 1. The summed E-state index contributed by atoms with van der Waals surface area (Å²) in [4.78, 5) is 10.8. The summed E-state index contributed by atoms with van der Waals surface area (Å²) in [5.74, 6) is -0.944. The Bertz CT molecular complexity index is 362. The molecule has 2 rings (SSSR count). The normalized spacial score (nSPS) is 14.4. The molecule has 5 nitrogen and oxygen atoms in total. The van der Waals surface area contributed by atoms with Crippen molar-refractivity contribution in [2.75, 3.05) is 6.54 Å². The number of nitrogens with zero attached hydrogens (tertiary/aromatic N) is 2. The standard InChI is InChI=1S/C8H11N3O2.ClH/c1-11-6-2-3-9-4-5(6)7(10-11)8(12)13;/h9H,2-4H2,1H3,(H,12,13);1H. The van der Waals surface area contributed by atoms with Crippen LogP contribution >= 0.6 is 12.4 Å². The van der Waals surface area contributed by atoms with Crippen LogP contribution in [0, 0.1) is 0 Å². The molecular weight excluding hydrogens is 206 g/mol. The maximum atomic E-state index is 10.8. The fourth-order valence-corrected chi connectivity index (χ4v) is 1.69. The van der Waals surface area contributed by atoms with Gasteiger partial charge < -0.3 is 10.4 Å². The van der Waals surface area contributed by atoms with Crippen LogP contribution in [-0.2, 0) is 20.0 Å². The Labute approximate surface area is 87.5 Å². The first-order valence-electron chi connectivity index (χ1n) is 4.19. The van der Waals surface area contributed by atoms with Gasteiger partial charge in [-0.3, -0.25) is 4.68 Å². The highest BCUT2D eigenvalue weighted by Crippen LogP contribution is 2.17. The molecule has 1 aliphatic heterocycles. The van der Waals surface area contributed by atoms with Crippen molar-refractivity contribution in [2.24, 2.45) is 7.05 Å². The average molecular weight is 218 g/mol. The molecular formula is C8H12ClN3O2. The van der Waals surface area contributed by atoms with E-state index in [1.165, 1.54) is 0 Å².